The molecule has 1 aromatic carbocycles. The fourth-order valence-electron chi connectivity index (χ4n) is 2.05. The molecule has 0 aliphatic carbocycles. The van der Waals surface area contributed by atoms with Gasteiger partial charge in [-0.1, -0.05) is 29.8 Å². The van der Waals surface area contributed by atoms with E-state index in [0.717, 1.165) is 22.5 Å². The summed E-state index contributed by atoms with van der Waals surface area (Å²) in [5, 5.41) is 3.03. The predicted octanol–water partition coefficient (Wildman–Crippen LogP) is 3.39. The van der Waals surface area contributed by atoms with Crippen LogP contribution >= 0.6 is 11.3 Å². The number of aromatic nitrogens is 2. The maximum absolute atomic E-state index is 12.0. The number of fused-ring (bicyclic) bond motifs is 1. The van der Waals surface area contributed by atoms with Crippen LogP contribution in [0.5, 0.6) is 0 Å². The normalized spacial score (nSPS) is 10.9. The number of aromatic amines is 1. The molecule has 0 aliphatic heterocycles. The number of hydrogen-bond acceptors (Lipinski definition) is 4. The van der Waals surface area contributed by atoms with Crippen molar-refractivity contribution < 1.29 is 0 Å². The summed E-state index contributed by atoms with van der Waals surface area (Å²) < 4.78 is 0.669. The minimum absolute atomic E-state index is 0.0886. The highest BCUT2D eigenvalue weighted by Gasteiger charge is 2.09. The first-order valence-electron chi connectivity index (χ1n) is 6.52. The Balaban J connectivity index is 2.12. The van der Waals surface area contributed by atoms with Crippen LogP contribution in [0.15, 0.2) is 35.1 Å². The van der Waals surface area contributed by atoms with Crippen molar-refractivity contribution in [3.63, 3.8) is 0 Å². The minimum Gasteiger partial charge on any atom is -0.356 e. The van der Waals surface area contributed by atoms with Crippen molar-refractivity contribution in [1.29, 1.82) is 0 Å². The first-order valence-corrected chi connectivity index (χ1v) is 7.34. The Bertz CT molecular complexity index is 802. The van der Waals surface area contributed by atoms with Crippen LogP contribution in [-0.4, -0.2) is 16.5 Å². The first kappa shape index (κ1) is 12.9. The molecule has 0 fully saturated rings. The van der Waals surface area contributed by atoms with Crippen LogP contribution < -0.4 is 10.9 Å². The van der Waals surface area contributed by atoms with E-state index in [2.05, 4.69) is 46.5 Å². The van der Waals surface area contributed by atoms with Gasteiger partial charge in [-0.15, -0.1) is 11.3 Å². The lowest BCUT2D eigenvalue weighted by molar-refractivity contribution is 1.09. The molecular weight excluding hydrogens is 270 g/mol. The Morgan fingerprint density at radius 2 is 2.05 bits per heavy atom. The maximum atomic E-state index is 12.0. The average Bonchev–Trinajstić information content (AvgIpc) is 2.84. The second kappa shape index (κ2) is 5.09. The van der Waals surface area contributed by atoms with Gasteiger partial charge in [0, 0.05) is 11.4 Å². The van der Waals surface area contributed by atoms with Gasteiger partial charge < -0.3 is 5.32 Å². The summed E-state index contributed by atoms with van der Waals surface area (Å²) in [6.45, 7) is 4.75. The summed E-state index contributed by atoms with van der Waals surface area (Å²) >= 11 is 1.48. The Hall–Kier alpha value is -2.14. The van der Waals surface area contributed by atoms with Gasteiger partial charge in [0.05, 0.1) is 5.52 Å². The molecule has 102 valence electrons. The van der Waals surface area contributed by atoms with Gasteiger partial charge in [0.25, 0.3) is 5.56 Å². The predicted molar refractivity (Wildman–Crippen MR) is 84.6 cm³/mol. The third kappa shape index (κ3) is 2.32. The van der Waals surface area contributed by atoms with Crippen LogP contribution in [0.25, 0.3) is 20.7 Å². The summed E-state index contributed by atoms with van der Waals surface area (Å²) in [4.78, 5) is 20.3. The molecule has 5 heteroatoms. The number of aryl methyl sites for hydroxylation is 1. The summed E-state index contributed by atoms with van der Waals surface area (Å²) in [6, 6.07) is 10.3. The topological polar surface area (TPSA) is 57.8 Å². The van der Waals surface area contributed by atoms with Crippen molar-refractivity contribution in [2.45, 2.75) is 13.8 Å². The lowest BCUT2D eigenvalue weighted by Gasteiger charge is -2.00. The molecule has 2 N–H and O–H groups in total. The summed E-state index contributed by atoms with van der Waals surface area (Å²) in [7, 11) is 0. The van der Waals surface area contributed by atoms with Crippen LogP contribution in [0, 0.1) is 6.92 Å². The molecule has 2 aromatic heterocycles. The highest BCUT2D eigenvalue weighted by Crippen LogP contribution is 2.31. The van der Waals surface area contributed by atoms with Crippen molar-refractivity contribution in [3.05, 3.63) is 46.2 Å². The summed E-state index contributed by atoms with van der Waals surface area (Å²) in [5.74, 6) is 0.526. The number of rotatable bonds is 3. The zero-order chi connectivity index (χ0) is 14.1. The van der Waals surface area contributed by atoms with Gasteiger partial charge in [-0.2, -0.15) is 0 Å². The van der Waals surface area contributed by atoms with Crippen molar-refractivity contribution in [2.75, 3.05) is 11.9 Å². The van der Waals surface area contributed by atoms with Gasteiger partial charge in [-0.25, -0.2) is 4.98 Å². The Kier molecular flexibility index (Phi) is 3.28. The Labute approximate surface area is 120 Å². The van der Waals surface area contributed by atoms with E-state index in [1.54, 1.807) is 0 Å². The standard InChI is InChI=1S/C15H15N3OS/c1-3-16-15-17-11-8-12(20-13(11)14(19)18-15)10-6-4-9(2)5-7-10/h4-8H,3H2,1-2H3,(H2,16,17,18,19). The third-order valence-electron chi connectivity index (χ3n) is 3.06. The summed E-state index contributed by atoms with van der Waals surface area (Å²) in [6.07, 6.45) is 0. The monoisotopic (exact) mass is 285 g/mol. The van der Waals surface area contributed by atoms with Crippen LogP contribution in [0.4, 0.5) is 5.95 Å². The molecule has 0 saturated heterocycles. The third-order valence-corrected chi connectivity index (χ3v) is 4.24. The zero-order valence-corrected chi connectivity index (χ0v) is 12.2. The largest absolute Gasteiger partial charge is 0.356 e. The van der Waals surface area contributed by atoms with E-state index >= 15 is 0 Å². The van der Waals surface area contributed by atoms with E-state index in [0.29, 0.717) is 10.6 Å². The van der Waals surface area contributed by atoms with Crippen molar-refractivity contribution in [3.8, 4) is 10.4 Å². The molecule has 0 saturated carbocycles. The van der Waals surface area contributed by atoms with Crippen LogP contribution in [-0.2, 0) is 0 Å². The van der Waals surface area contributed by atoms with Gasteiger partial charge in [0.15, 0.2) is 0 Å². The number of anilines is 1. The van der Waals surface area contributed by atoms with E-state index < -0.39 is 0 Å². The molecule has 0 unspecified atom stereocenters. The highest BCUT2D eigenvalue weighted by molar-refractivity contribution is 7.22. The van der Waals surface area contributed by atoms with Gasteiger partial charge in [0.2, 0.25) is 5.95 Å². The van der Waals surface area contributed by atoms with E-state index in [1.807, 2.05) is 13.0 Å². The molecular formula is C15H15N3OS. The first-order chi connectivity index (χ1) is 9.67. The van der Waals surface area contributed by atoms with Crippen LogP contribution in [0.2, 0.25) is 0 Å². The molecule has 3 rings (SSSR count). The molecule has 0 aliphatic rings. The number of nitrogens with one attached hydrogen (secondary N) is 2. The van der Waals surface area contributed by atoms with Crippen molar-refractivity contribution in [1.82, 2.24) is 9.97 Å². The smallest absolute Gasteiger partial charge is 0.270 e. The molecule has 0 spiro atoms. The molecule has 0 radical (unpaired) electrons. The van der Waals surface area contributed by atoms with E-state index in [4.69, 9.17) is 0 Å². The average molecular weight is 285 g/mol. The Morgan fingerprint density at radius 1 is 1.30 bits per heavy atom. The fourth-order valence-corrected chi connectivity index (χ4v) is 3.05. The van der Waals surface area contributed by atoms with E-state index in [1.165, 1.54) is 16.9 Å². The number of thiophene rings is 1. The quantitative estimate of drug-likeness (QED) is 0.775. The SMILES string of the molecule is CCNc1nc2cc(-c3ccc(C)cc3)sc2c(=O)[nH]1. The number of hydrogen-bond donors (Lipinski definition) is 2. The summed E-state index contributed by atoms with van der Waals surface area (Å²) in [5.41, 5.74) is 2.99. The van der Waals surface area contributed by atoms with Gasteiger partial charge >= 0.3 is 0 Å². The maximum Gasteiger partial charge on any atom is 0.270 e. The molecule has 3 aromatic rings. The molecule has 2 heterocycles. The lowest BCUT2D eigenvalue weighted by atomic mass is 10.1. The van der Waals surface area contributed by atoms with Gasteiger partial charge in [-0.05, 0) is 25.5 Å². The molecule has 4 nitrogen and oxygen atoms in total. The molecule has 0 atom stereocenters. The van der Waals surface area contributed by atoms with Crippen LogP contribution in [0.1, 0.15) is 12.5 Å². The number of benzene rings is 1. The van der Waals surface area contributed by atoms with Crippen molar-refractivity contribution in [2.24, 2.45) is 0 Å². The minimum atomic E-state index is -0.0886. The fraction of sp³-hybridized carbons (Fsp3) is 0.200. The zero-order valence-electron chi connectivity index (χ0n) is 11.4. The van der Waals surface area contributed by atoms with Gasteiger partial charge in [-0.3, -0.25) is 9.78 Å². The molecule has 20 heavy (non-hydrogen) atoms. The Morgan fingerprint density at radius 3 is 2.75 bits per heavy atom. The second-order valence-electron chi connectivity index (χ2n) is 4.64. The van der Waals surface area contributed by atoms with Gasteiger partial charge in [0.1, 0.15) is 4.70 Å². The lowest BCUT2D eigenvalue weighted by Crippen LogP contribution is -2.11. The van der Waals surface area contributed by atoms with Crippen molar-refractivity contribution >= 4 is 27.5 Å². The number of nitrogens with zero attached hydrogens (tertiary/aromatic N) is 1. The highest BCUT2D eigenvalue weighted by atomic mass is 32.1. The van der Waals surface area contributed by atoms with Crippen LogP contribution in [0.3, 0.4) is 0 Å². The molecule has 0 bridgehead atoms. The number of H-pyrrole nitrogens is 1. The van der Waals surface area contributed by atoms with E-state index in [9.17, 15) is 4.79 Å². The second-order valence-corrected chi connectivity index (χ2v) is 5.69. The molecule has 0 amide bonds. The van der Waals surface area contributed by atoms with E-state index in [-0.39, 0.29) is 5.56 Å².